The molecular weight excluding hydrogens is 361 g/mol. The van der Waals surface area contributed by atoms with Gasteiger partial charge in [-0.1, -0.05) is 62.0 Å². The second-order valence-corrected chi connectivity index (χ2v) is 13.5. The van der Waals surface area contributed by atoms with Crippen molar-refractivity contribution >= 4 is 26.6 Å². The molecule has 26 heavy (non-hydrogen) atoms. The first-order chi connectivity index (χ1) is 12.3. The average Bonchev–Trinajstić information content (AvgIpc) is 2.58. The molecule has 0 aromatic heterocycles. The molecule has 0 aliphatic heterocycles. The van der Waals surface area contributed by atoms with E-state index in [0.717, 1.165) is 16.3 Å². The minimum absolute atomic E-state index is 0.302. The van der Waals surface area contributed by atoms with Crippen LogP contribution >= 0.6 is 7.75 Å². The van der Waals surface area contributed by atoms with Crippen molar-refractivity contribution in [3.8, 4) is 11.5 Å². The van der Waals surface area contributed by atoms with E-state index < -0.39 is 21.9 Å². The predicted molar refractivity (Wildman–Crippen MR) is 112 cm³/mol. The quantitative estimate of drug-likeness (QED) is 0.384. The summed E-state index contributed by atoms with van der Waals surface area (Å²) < 4.78 is 23.8. The molecule has 1 atom stereocenters. The Kier molecular flexibility index (Phi) is 7.22. The fourth-order valence-electron chi connectivity index (χ4n) is 2.48. The molecule has 0 aliphatic carbocycles. The molecule has 0 bridgehead atoms. The Bertz CT molecular complexity index is 841. The van der Waals surface area contributed by atoms with Gasteiger partial charge in [-0.3, -0.25) is 9.05 Å². The van der Waals surface area contributed by atoms with Crippen LogP contribution in [0.5, 0.6) is 0 Å². The van der Waals surface area contributed by atoms with Gasteiger partial charge >= 0.3 is 7.75 Å². The highest BCUT2D eigenvalue weighted by Gasteiger charge is 2.28. The molecule has 2 rings (SSSR count). The first-order valence-corrected chi connectivity index (χ1v) is 14.0. The summed E-state index contributed by atoms with van der Waals surface area (Å²) in [7, 11) is -5.01. The largest absolute Gasteiger partial charge is 0.406 e. The Hall–Kier alpha value is -1.41. The number of hydrogen-bond acceptors (Lipinski definition) is 3. The zero-order chi connectivity index (χ0) is 19.2. The topological polar surface area (TPSA) is 47.6 Å². The Labute approximate surface area is 157 Å². The molecule has 1 N–H and O–H groups in total. The highest BCUT2D eigenvalue weighted by atomic mass is 31.2. The second kappa shape index (κ2) is 8.99. The van der Waals surface area contributed by atoms with Crippen LogP contribution in [0.4, 0.5) is 0 Å². The van der Waals surface area contributed by atoms with Gasteiger partial charge in [-0.15, -0.1) is 5.54 Å². The lowest BCUT2D eigenvalue weighted by molar-refractivity contribution is 0.209. The Morgan fingerprint density at radius 3 is 2.23 bits per heavy atom. The summed E-state index contributed by atoms with van der Waals surface area (Å²) in [6.45, 7) is 10.7. The zero-order valence-electron chi connectivity index (χ0n) is 16.2. The number of fused-ring (bicyclic) bond motifs is 1. The summed E-state index contributed by atoms with van der Waals surface area (Å²) in [6, 6.07) is 13.9. The van der Waals surface area contributed by atoms with Crippen LogP contribution in [0.15, 0.2) is 42.5 Å². The molecule has 140 valence electrons. The van der Waals surface area contributed by atoms with Crippen molar-refractivity contribution in [3.63, 3.8) is 0 Å². The van der Waals surface area contributed by atoms with Gasteiger partial charge in [0.15, 0.2) is 0 Å². The van der Waals surface area contributed by atoms with Crippen LogP contribution in [0.1, 0.15) is 25.5 Å². The van der Waals surface area contributed by atoms with Gasteiger partial charge in [0.25, 0.3) is 0 Å². The SMILES string of the molecule is CCOP(=O)(N[C@H](C#C[Si](C)(C)C)c1ccc2ccccc2c1)OCC. The van der Waals surface area contributed by atoms with E-state index in [1.807, 2.05) is 18.2 Å². The van der Waals surface area contributed by atoms with E-state index >= 15 is 0 Å². The molecule has 0 radical (unpaired) electrons. The van der Waals surface area contributed by atoms with E-state index in [0.29, 0.717) is 13.2 Å². The molecule has 4 nitrogen and oxygen atoms in total. The number of nitrogens with one attached hydrogen (secondary N) is 1. The van der Waals surface area contributed by atoms with Crippen molar-refractivity contribution in [2.24, 2.45) is 0 Å². The van der Waals surface area contributed by atoms with Crippen LogP contribution < -0.4 is 5.09 Å². The van der Waals surface area contributed by atoms with Gasteiger partial charge in [0.2, 0.25) is 0 Å². The molecule has 0 amide bonds. The summed E-state index contributed by atoms with van der Waals surface area (Å²) in [6.07, 6.45) is 0. The monoisotopic (exact) mass is 389 g/mol. The molecule has 0 unspecified atom stereocenters. The van der Waals surface area contributed by atoms with Crippen molar-refractivity contribution in [1.82, 2.24) is 5.09 Å². The van der Waals surface area contributed by atoms with Crippen LogP contribution in [-0.2, 0) is 13.6 Å². The van der Waals surface area contributed by atoms with E-state index in [9.17, 15) is 4.57 Å². The molecule has 0 aliphatic rings. The molecule has 0 fully saturated rings. The highest BCUT2D eigenvalue weighted by Crippen LogP contribution is 2.46. The number of rotatable bonds is 7. The summed E-state index contributed by atoms with van der Waals surface area (Å²) in [5.41, 5.74) is 4.32. The maximum Gasteiger partial charge on any atom is 0.406 e. The third-order valence-corrected chi connectivity index (χ3v) is 6.25. The van der Waals surface area contributed by atoms with Crippen LogP contribution in [-0.4, -0.2) is 21.3 Å². The Balaban J connectivity index is 2.44. The summed E-state index contributed by atoms with van der Waals surface area (Å²) in [5, 5.41) is 5.32. The van der Waals surface area contributed by atoms with Gasteiger partial charge in [-0.2, -0.15) is 0 Å². The van der Waals surface area contributed by atoms with Crippen molar-refractivity contribution in [3.05, 3.63) is 48.0 Å². The minimum atomic E-state index is -3.42. The first kappa shape index (κ1) is 20.9. The van der Waals surface area contributed by atoms with Gasteiger partial charge in [0.1, 0.15) is 14.1 Å². The summed E-state index contributed by atoms with van der Waals surface area (Å²) >= 11 is 0. The molecule has 0 saturated heterocycles. The average molecular weight is 390 g/mol. The minimum Gasteiger partial charge on any atom is -0.297 e. The lowest BCUT2D eigenvalue weighted by Crippen LogP contribution is -2.22. The fourth-order valence-corrected chi connectivity index (χ4v) is 4.49. The highest BCUT2D eigenvalue weighted by molar-refractivity contribution is 7.51. The van der Waals surface area contributed by atoms with Crippen molar-refractivity contribution in [2.75, 3.05) is 13.2 Å². The second-order valence-electron chi connectivity index (χ2n) is 7.02. The van der Waals surface area contributed by atoms with Gasteiger partial charge in [-0.05, 0) is 36.2 Å². The van der Waals surface area contributed by atoms with E-state index in [1.165, 1.54) is 0 Å². The van der Waals surface area contributed by atoms with Crippen LogP contribution in [0.25, 0.3) is 10.8 Å². The lowest BCUT2D eigenvalue weighted by atomic mass is 10.0. The predicted octanol–water partition coefficient (Wildman–Crippen LogP) is 5.53. The van der Waals surface area contributed by atoms with Crippen LogP contribution in [0.2, 0.25) is 19.6 Å². The number of benzene rings is 2. The smallest absolute Gasteiger partial charge is 0.297 e. The molecule has 0 saturated carbocycles. The van der Waals surface area contributed by atoms with E-state index in [-0.39, 0.29) is 0 Å². The normalized spacial score (nSPS) is 13.3. The number of hydrogen-bond donors (Lipinski definition) is 1. The van der Waals surface area contributed by atoms with Gasteiger partial charge in [0, 0.05) is 0 Å². The maximum absolute atomic E-state index is 13.0. The molecular formula is C20H28NO3PSi. The first-order valence-electron chi connectivity index (χ1n) is 8.94. The molecule has 6 heteroatoms. The van der Waals surface area contributed by atoms with Crippen molar-refractivity contribution in [2.45, 2.75) is 39.5 Å². The fraction of sp³-hybridized carbons (Fsp3) is 0.400. The molecule has 2 aromatic rings. The standard InChI is InChI=1S/C20H28NO3PSi/c1-6-23-25(22,24-7-2)21-20(14-15-26(3,4)5)19-13-12-17-10-8-9-11-18(17)16-19/h8-13,16,20H,6-7H2,1-5H3,(H,21,22)/t20-/m1/s1. The van der Waals surface area contributed by atoms with Crippen molar-refractivity contribution in [1.29, 1.82) is 0 Å². The Morgan fingerprint density at radius 1 is 1.04 bits per heavy atom. The summed E-state index contributed by atoms with van der Waals surface area (Å²) in [4.78, 5) is 0. The molecule has 0 spiro atoms. The van der Waals surface area contributed by atoms with Gasteiger partial charge in [0.05, 0.1) is 13.2 Å². The van der Waals surface area contributed by atoms with Gasteiger partial charge in [-0.25, -0.2) is 9.65 Å². The third-order valence-electron chi connectivity index (χ3n) is 3.58. The van der Waals surface area contributed by atoms with E-state index in [1.54, 1.807) is 13.8 Å². The van der Waals surface area contributed by atoms with Crippen LogP contribution in [0.3, 0.4) is 0 Å². The maximum atomic E-state index is 13.0. The zero-order valence-corrected chi connectivity index (χ0v) is 18.1. The van der Waals surface area contributed by atoms with E-state index in [4.69, 9.17) is 9.05 Å². The molecule has 0 heterocycles. The van der Waals surface area contributed by atoms with Crippen molar-refractivity contribution < 1.29 is 13.6 Å². The summed E-state index contributed by atoms with van der Waals surface area (Å²) in [5.74, 6) is 3.28. The van der Waals surface area contributed by atoms with E-state index in [2.05, 4.69) is 60.5 Å². The Morgan fingerprint density at radius 2 is 1.65 bits per heavy atom. The molecule has 2 aromatic carbocycles. The van der Waals surface area contributed by atoms with Crippen LogP contribution in [0, 0.1) is 11.5 Å². The lowest BCUT2D eigenvalue weighted by Gasteiger charge is -2.22. The third kappa shape index (κ3) is 6.09. The van der Waals surface area contributed by atoms with Gasteiger partial charge < -0.3 is 0 Å².